The Hall–Kier alpha value is -4.29. The molecule has 4 rings (SSSR count). The maximum Gasteiger partial charge on any atom is 0.326 e. The number of benzene rings is 4. The van der Waals surface area contributed by atoms with Gasteiger partial charge in [0.15, 0.2) is 0 Å². The van der Waals surface area contributed by atoms with Gasteiger partial charge in [-0.3, -0.25) is 4.79 Å². The number of hydrogen-bond acceptors (Lipinski definition) is 4. The van der Waals surface area contributed by atoms with Crippen LogP contribution in [0.4, 0.5) is 0 Å². The van der Waals surface area contributed by atoms with E-state index in [0.29, 0.717) is 17.7 Å². The van der Waals surface area contributed by atoms with Crippen LogP contribution in [0.2, 0.25) is 0 Å². The van der Waals surface area contributed by atoms with Crippen molar-refractivity contribution in [2.45, 2.75) is 26.3 Å². The molecule has 4 aromatic carbocycles. The van der Waals surface area contributed by atoms with Crippen molar-refractivity contribution in [1.82, 2.24) is 5.32 Å². The number of carboxylic acid groups (broad SMARTS) is 1. The fraction of sp³-hybridized carbons (Fsp3) is 0.176. The first-order chi connectivity index (χ1) is 19.3. The van der Waals surface area contributed by atoms with E-state index in [9.17, 15) is 14.7 Å². The number of rotatable bonds is 11. The molecule has 0 fully saturated rings. The summed E-state index contributed by atoms with van der Waals surface area (Å²) < 4.78 is 5.95. The maximum atomic E-state index is 13.3. The van der Waals surface area contributed by atoms with E-state index in [1.807, 2.05) is 117 Å². The molecule has 0 aliphatic rings. The zero-order chi connectivity index (χ0) is 28.5. The lowest BCUT2D eigenvalue weighted by molar-refractivity contribution is -0.139. The molecule has 6 heteroatoms. The number of amides is 1. The molecule has 5 nitrogen and oxygen atoms in total. The molecule has 40 heavy (non-hydrogen) atoms. The van der Waals surface area contributed by atoms with E-state index >= 15 is 0 Å². The normalized spacial score (nSPS) is 11.8. The minimum Gasteiger partial charge on any atom is -0.480 e. The van der Waals surface area contributed by atoms with Gasteiger partial charge in [-0.1, -0.05) is 66.7 Å². The lowest BCUT2D eigenvalue weighted by atomic mass is 9.93. The Bertz CT molecular complexity index is 1510. The van der Waals surface area contributed by atoms with Crippen molar-refractivity contribution in [3.63, 3.8) is 0 Å². The molecular weight excluding hydrogens is 518 g/mol. The summed E-state index contributed by atoms with van der Waals surface area (Å²) in [4.78, 5) is 25.0. The largest absolute Gasteiger partial charge is 0.480 e. The van der Waals surface area contributed by atoms with Gasteiger partial charge in [0.1, 0.15) is 17.5 Å². The lowest BCUT2D eigenvalue weighted by Crippen LogP contribution is -2.41. The molecule has 4 aromatic rings. The second kappa shape index (κ2) is 13.7. The highest BCUT2D eigenvalue weighted by atomic mass is 32.2. The molecule has 0 saturated heterocycles. The van der Waals surface area contributed by atoms with Crippen LogP contribution >= 0.6 is 11.8 Å². The molecule has 0 radical (unpaired) electrons. The van der Waals surface area contributed by atoms with Crippen LogP contribution in [0, 0.1) is 13.8 Å². The van der Waals surface area contributed by atoms with Gasteiger partial charge < -0.3 is 15.2 Å². The van der Waals surface area contributed by atoms with Crippen molar-refractivity contribution in [3.05, 3.63) is 119 Å². The van der Waals surface area contributed by atoms with Gasteiger partial charge in [0.2, 0.25) is 0 Å². The van der Waals surface area contributed by atoms with Crippen LogP contribution in [-0.4, -0.2) is 35.0 Å². The summed E-state index contributed by atoms with van der Waals surface area (Å²) >= 11 is 1.55. The molecule has 0 aliphatic heterocycles. The van der Waals surface area contributed by atoms with Crippen LogP contribution in [0.3, 0.4) is 0 Å². The quantitative estimate of drug-likeness (QED) is 0.186. The third kappa shape index (κ3) is 7.64. The van der Waals surface area contributed by atoms with E-state index < -0.39 is 17.9 Å². The Kier molecular flexibility index (Phi) is 9.81. The monoisotopic (exact) mass is 551 g/mol. The summed E-state index contributed by atoms with van der Waals surface area (Å²) in [6.45, 7) is 4.03. The second-order valence-corrected chi connectivity index (χ2v) is 10.6. The Morgan fingerprint density at radius 3 is 2.27 bits per heavy atom. The van der Waals surface area contributed by atoms with Gasteiger partial charge in [0.05, 0.1) is 0 Å². The number of ether oxygens (including phenoxy) is 1. The fourth-order valence-electron chi connectivity index (χ4n) is 4.34. The van der Waals surface area contributed by atoms with Crippen LogP contribution in [-0.2, 0) is 4.79 Å². The highest BCUT2D eigenvalue weighted by molar-refractivity contribution is 7.98. The highest BCUT2D eigenvalue weighted by Gasteiger charge is 2.22. The Morgan fingerprint density at radius 1 is 0.850 bits per heavy atom. The number of carboxylic acids is 1. The Balaban J connectivity index is 1.58. The summed E-state index contributed by atoms with van der Waals surface area (Å²) in [5.74, 6) is 0.776. The average Bonchev–Trinajstić information content (AvgIpc) is 2.95. The topological polar surface area (TPSA) is 75.6 Å². The van der Waals surface area contributed by atoms with Crippen molar-refractivity contribution in [1.29, 1.82) is 0 Å². The van der Waals surface area contributed by atoms with Crippen molar-refractivity contribution in [2.75, 3.05) is 12.0 Å². The molecule has 0 saturated carbocycles. The van der Waals surface area contributed by atoms with Crippen molar-refractivity contribution < 1.29 is 19.4 Å². The summed E-state index contributed by atoms with van der Waals surface area (Å²) in [6, 6.07) is 28.3. The molecular formula is C34H33NO4S. The summed E-state index contributed by atoms with van der Waals surface area (Å²) in [6.07, 6.45) is 6.28. The van der Waals surface area contributed by atoms with Crippen LogP contribution in [0.1, 0.15) is 39.0 Å². The smallest absolute Gasteiger partial charge is 0.326 e. The third-order valence-corrected chi connectivity index (χ3v) is 7.16. The number of carbonyl (C=O) groups is 2. The van der Waals surface area contributed by atoms with Crippen LogP contribution in [0.15, 0.2) is 91.0 Å². The predicted molar refractivity (Wildman–Crippen MR) is 165 cm³/mol. The van der Waals surface area contributed by atoms with E-state index in [-0.39, 0.29) is 0 Å². The summed E-state index contributed by atoms with van der Waals surface area (Å²) in [5.41, 5.74) is 6.23. The Morgan fingerprint density at radius 2 is 1.57 bits per heavy atom. The zero-order valence-corrected chi connectivity index (χ0v) is 23.7. The number of aliphatic carboxylic acids is 1. The van der Waals surface area contributed by atoms with Gasteiger partial charge in [-0.2, -0.15) is 11.8 Å². The van der Waals surface area contributed by atoms with E-state index in [1.165, 1.54) is 0 Å². The fourth-order valence-corrected chi connectivity index (χ4v) is 4.82. The van der Waals surface area contributed by atoms with Gasteiger partial charge in [-0.15, -0.1) is 0 Å². The molecule has 0 unspecified atom stereocenters. The summed E-state index contributed by atoms with van der Waals surface area (Å²) in [5, 5.41) is 12.3. The predicted octanol–water partition coefficient (Wildman–Crippen LogP) is 7.87. The summed E-state index contributed by atoms with van der Waals surface area (Å²) in [7, 11) is 0. The van der Waals surface area contributed by atoms with Crippen LogP contribution in [0.5, 0.6) is 11.5 Å². The zero-order valence-electron chi connectivity index (χ0n) is 22.9. The van der Waals surface area contributed by atoms with E-state index in [0.717, 1.165) is 44.9 Å². The number of hydrogen-bond donors (Lipinski definition) is 2. The highest BCUT2D eigenvalue weighted by Crippen LogP contribution is 2.29. The number of carbonyl (C=O) groups excluding carboxylic acids is 1. The average molecular weight is 552 g/mol. The number of aryl methyl sites for hydroxylation is 2. The second-order valence-electron chi connectivity index (χ2n) is 9.59. The molecule has 0 aliphatic carbocycles. The van der Waals surface area contributed by atoms with E-state index in [1.54, 1.807) is 17.8 Å². The minimum absolute atomic E-state index is 0.359. The molecule has 204 valence electrons. The van der Waals surface area contributed by atoms with Crippen LogP contribution in [0.25, 0.3) is 23.3 Å². The first kappa shape index (κ1) is 28.7. The molecule has 0 spiro atoms. The first-order valence-corrected chi connectivity index (χ1v) is 14.5. The SMILES string of the molecule is CSCC[C@H](NC(=O)c1ccc(/C=C/c2ccc(Oc3cccc(C)c3)cc2)cc1-c1ccccc1C)C(=O)O. The van der Waals surface area contributed by atoms with Gasteiger partial charge in [0, 0.05) is 5.56 Å². The standard InChI is InChI=1S/C34H33NO4S/c1-23-7-6-9-28(21-23)39-27-16-13-25(14-17-27)11-12-26-15-18-30(31(22-26)29-10-5-4-8-24(29)2)33(36)35-32(34(37)38)19-20-40-3/h4-18,21-22,32H,19-20H2,1-3H3,(H,35,36)(H,37,38)/b12-11+/t32-/m0/s1. The van der Waals surface area contributed by atoms with Gasteiger partial charge in [-0.05, 0) is 102 Å². The number of nitrogens with one attached hydrogen (secondary N) is 1. The van der Waals surface area contributed by atoms with Crippen molar-refractivity contribution in [3.8, 4) is 22.6 Å². The maximum absolute atomic E-state index is 13.3. The van der Waals surface area contributed by atoms with Gasteiger partial charge in [0.25, 0.3) is 5.91 Å². The lowest BCUT2D eigenvalue weighted by Gasteiger charge is -2.17. The molecule has 0 aromatic heterocycles. The molecule has 2 N–H and O–H groups in total. The van der Waals surface area contributed by atoms with Gasteiger partial charge >= 0.3 is 5.97 Å². The van der Waals surface area contributed by atoms with E-state index in [2.05, 4.69) is 5.32 Å². The molecule has 1 amide bonds. The molecule has 0 heterocycles. The molecule has 1 atom stereocenters. The van der Waals surface area contributed by atoms with Crippen LogP contribution < -0.4 is 10.1 Å². The van der Waals surface area contributed by atoms with Gasteiger partial charge in [-0.25, -0.2) is 4.79 Å². The Labute approximate surface area is 239 Å². The van der Waals surface area contributed by atoms with Crippen molar-refractivity contribution in [2.24, 2.45) is 0 Å². The minimum atomic E-state index is -1.03. The third-order valence-electron chi connectivity index (χ3n) is 6.51. The van der Waals surface area contributed by atoms with Crippen molar-refractivity contribution >= 4 is 35.8 Å². The first-order valence-electron chi connectivity index (χ1n) is 13.1. The molecule has 0 bridgehead atoms. The number of thioether (sulfide) groups is 1. The van der Waals surface area contributed by atoms with E-state index in [4.69, 9.17) is 4.74 Å².